The number of fused-ring (bicyclic) bond motifs is 1. The van der Waals surface area contributed by atoms with Gasteiger partial charge in [0.25, 0.3) is 0 Å². The van der Waals surface area contributed by atoms with Gasteiger partial charge in [-0.15, -0.1) is 11.3 Å². The summed E-state index contributed by atoms with van der Waals surface area (Å²) in [4.78, 5) is 21.3. The molecule has 0 amide bonds. The number of nitrogens with zero attached hydrogens (tertiary/aromatic N) is 2. The maximum absolute atomic E-state index is 10.6. The van der Waals surface area contributed by atoms with Crippen LogP contribution in [0.2, 0.25) is 0 Å². The molecule has 0 saturated carbocycles. The van der Waals surface area contributed by atoms with Crippen LogP contribution in [0.5, 0.6) is 0 Å². The second-order valence-corrected chi connectivity index (χ2v) is 6.16. The van der Waals surface area contributed by atoms with Gasteiger partial charge in [-0.1, -0.05) is 30.3 Å². The lowest BCUT2D eigenvalue weighted by atomic mass is 10.2. The number of aromatic nitrogens is 3. The second kappa shape index (κ2) is 7.58. The summed E-state index contributed by atoms with van der Waals surface area (Å²) in [5, 5.41) is 11.3. The van der Waals surface area contributed by atoms with Gasteiger partial charge in [0.1, 0.15) is 10.7 Å². The SMILES string of the molecule is O=C(O)C(F)(F)F.c1ccc(-c2nc(-c3nccc4[nH]ccc34)cs2)cc1. The van der Waals surface area contributed by atoms with Crippen LogP contribution in [0.3, 0.4) is 0 Å². The Bertz CT molecular complexity index is 1060. The zero-order chi connectivity index (χ0) is 19.4. The first kappa shape index (κ1) is 18.6. The highest BCUT2D eigenvalue weighted by Crippen LogP contribution is 2.31. The highest BCUT2D eigenvalue weighted by Gasteiger charge is 2.38. The van der Waals surface area contributed by atoms with Crippen LogP contribution >= 0.6 is 11.3 Å². The van der Waals surface area contributed by atoms with Gasteiger partial charge in [0.2, 0.25) is 0 Å². The van der Waals surface area contributed by atoms with E-state index < -0.39 is 12.1 Å². The molecule has 1 aromatic carbocycles. The zero-order valence-corrected chi connectivity index (χ0v) is 14.4. The van der Waals surface area contributed by atoms with Crippen LogP contribution in [0.25, 0.3) is 32.9 Å². The summed E-state index contributed by atoms with van der Waals surface area (Å²) < 4.78 is 31.7. The molecule has 27 heavy (non-hydrogen) atoms. The van der Waals surface area contributed by atoms with Crippen molar-refractivity contribution < 1.29 is 23.1 Å². The van der Waals surface area contributed by atoms with E-state index in [9.17, 15) is 13.2 Å². The van der Waals surface area contributed by atoms with Gasteiger partial charge in [-0.25, -0.2) is 9.78 Å². The maximum Gasteiger partial charge on any atom is 0.490 e. The van der Waals surface area contributed by atoms with E-state index in [-0.39, 0.29) is 0 Å². The largest absolute Gasteiger partial charge is 0.490 e. The Morgan fingerprint density at radius 2 is 1.81 bits per heavy atom. The van der Waals surface area contributed by atoms with Crippen molar-refractivity contribution in [2.45, 2.75) is 6.18 Å². The minimum absolute atomic E-state index is 0.930. The van der Waals surface area contributed by atoms with Gasteiger partial charge < -0.3 is 10.1 Å². The number of hydrogen-bond donors (Lipinski definition) is 2. The predicted molar refractivity (Wildman–Crippen MR) is 96.3 cm³/mol. The Morgan fingerprint density at radius 1 is 1.11 bits per heavy atom. The fourth-order valence-electron chi connectivity index (χ4n) is 2.28. The molecule has 2 N–H and O–H groups in total. The Morgan fingerprint density at radius 3 is 2.48 bits per heavy atom. The molecule has 4 aromatic rings. The van der Waals surface area contributed by atoms with Crippen molar-refractivity contribution in [1.82, 2.24) is 15.0 Å². The Labute approximate surface area is 155 Å². The van der Waals surface area contributed by atoms with Crippen LogP contribution in [-0.4, -0.2) is 32.2 Å². The quantitative estimate of drug-likeness (QED) is 0.505. The Balaban J connectivity index is 0.000000260. The molecule has 0 atom stereocenters. The second-order valence-electron chi connectivity index (χ2n) is 5.31. The fraction of sp³-hybridized carbons (Fsp3) is 0.0556. The number of carbonyl (C=O) groups is 1. The maximum atomic E-state index is 10.6. The number of carboxylic acid groups (broad SMARTS) is 1. The molecule has 0 radical (unpaired) electrons. The number of rotatable bonds is 2. The molecule has 0 aliphatic carbocycles. The molecule has 4 rings (SSSR count). The van der Waals surface area contributed by atoms with E-state index in [1.54, 1.807) is 11.3 Å². The predicted octanol–water partition coefficient (Wildman–Crippen LogP) is 4.99. The molecular weight excluding hydrogens is 379 g/mol. The summed E-state index contributed by atoms with van der Waals surface area (Å²) in [6.07, 6.45) is -1.34. The number of nitrogens with one attached hydrogen (secondary N) is 1. The topological polar surface area (TPSA) is 78.9 Å². The Hall–Kier alpha value is -3.20. The van der Waals surface area contributed by atoms with Crippen LogP contribution in [0.15, 0.2) is 60.2 Å². The Kier molecular flexibility index (Phi) is 5.22. The number of H-pyrrole nitrogens is 1. The third-order valence-corrected chi connectivity index (χ3v) is 4.38. The summed E-state index contributed by atoms with van der Waals surface area (Å²) in [5.74, 6) is -2.76. The minimum Gasteiger partial charge on any atom is -0.475 e. The number of aromatic amines is 1. The molecule has 0 fully saturated rings. The van der Waals surface area contributed by atoms with Crippen LogP contribution in [0, 0.1) is 0 Å². The summed E-state index contributed by atoms with van der Waals surface area (Å²) >= 11 is 1.65. The number of pyridine rings is 1. The molecule has 9 heteroatoms. The smallest absolute Gasteiger partial charge is 0.475 e. The lowest BCUT2D eigenvalue weighted by Crippen LogP contribution is -2.21. The van der Waals surface area contributed by atoms with E-state index in [4.69, 9.17) is 14.9 Å². The fourth-order valence-corrected chi connectivity index (χ4v) is 3.09. The molecule has 3 aromatic heterocycles. The van der Waals surface area contributed by atoms with Crippen LogP contribution in [0.4, 0.5) is 13.2 Å². The van der Waals surface area contributed by atoms with E-state index in [0.29, 0.717) is 0 Å². The summed E-state index contributed by atoms with van der Waals surface area (Å²) in [5.41, 5.74) is 4.09. The molecule has 0 aliphatic heterocycles. The molecule has 5 nitrogen and oxygen atoms in total. The molecule has 3 heterocycles. The average molecular weight is 391 g/mol. The first-order valence-corrected chi connectivity index (χ1v) is 8.48. The standard InChI is InChI=1S/C16H11N3S.C2HF3O2/c1-2-4-11(5-3-1)16-19-14(10-20-16)15-12-6-8-17-13(12)7-9-18-15;3-2(4,5)1(6)7/h1-10,17H;(H,6,7). The third-order valence-electron chi connectivity index (χ3n) is 3.49. The summed E-state index contributed by atoms with van der Waals surface area (Å²) in [6.45, 7) is 0. The van der Waals surface area contributed by atoms with Gasteiger partial charge in [-0.05, 0) is 12.1 Å². The van der Waals surface area contributed by atoms with Gasteiger partial charge in [-0.2, -0.15) is 13.2 Å². The van der Waals surface area contributed by atoms with E-state index in [1.165, 1.54) is 0 Å². The van der Waals surface area contributed by atoms with Gasteiger partial charge in [0.05, 0.1) is 5.69 Å². The van der Waals surface area contributed by atoms with Crippen molar-refractivity contribution in [2.24, 2.45) is 0 Å². The monoisotopic (exact) mass is 391 g/mol. The number of halogens is 3. The number of hydrogen-bond acceptors (Lipinski definition) is 4. The molecule has 0 unspecified atom stereocenters. The molecule has 0 spiro atoms. The van der Waals surface area contributed by atoms with Crippen molar-refractivity contribution in [2.75, 3.05) is 0 Å². The van der Waals surface area contributed by atoms with E-state index in [1.807, 2.05) is 42.7 Å². The first-order chi connectivity index (χ1) is 12.9. The lowest BCUT2D eigenvalue weighted by Gasteiger charge is -1.98. The summed E-state index contributed by atoms with van der Waals surface area (Å²) in [6, 6.07) is 14.2. The van der Waals surface area contributed by atoms with E-state index in [2.05, 4.69) is 27.5 Å². The van der Waals surface area contributed by atoms with Crippen LogP contribution in [-0.2, 0) is 4.79 Å². The summed E-state index contributed by atoms with van der Waals surface area (Å²) in [7, 11) is 0. The normalized spacial score (nSPS) is 11.1. The molecule has 138 valence electrons. The number of benzene rings is 1. The van der Waals surface area contributed by atoms with Gasteiger partial charge in [0, 0.05) is 34.2 Å². The zero-order valence-electron chi connectivity index (χ0n) is 13.6. The van der Waals surface area contributed by atoms with E-state index in [0.717, 1.165) is 32.9 Å². The van der Waals surface area contributed by atoms with Crippen LogP contribution < -0.4 is 0 Å². The molecular formula is C18H12F3N3O2S. The van der Waals surface area contributed by atoms with Crippen molar-refractivity contribution >= 4 is 28.2 Å². The number of thiazole rings is 1. The molecule has 0 saturated heterocycles. The average Bonchev–Trinajstić information content (AvgIpc) is 3.31. The third kappa shape index (κ3) is 4.32. The van der Waals surface area contributed by atoms with E-state index >= 15 is 0 Å². The van der Waals surface area contributed by atoms with Gasteiger partial charge in [-0.3, -0.25) is 4.98 Å². The van der Waals surface area contributed by atoms with Crippen molar-refractivity contribution in [3.8, 4) is 22.0 Å². The van der Waals surface area contributed by atoms with Gasteiger partial charge in [0.15, 0.2) is 0 Å². The lowest BCUT2D eigenvalue weighted by molar-refractivity contribution is -0.192. The highest BCUT2D eigenvalue weighted by molar-refractivity contribution is 7.13. The van der Waals surface area contributed by atoms with Crippen molar-refractivity contribution in [1.29, 1.82) is 0 Å². The minimum atomic E-state index is -5.08. The molecule has 0 aliphatic rings. The van der Waals surface area contributed by atoms with Crippen molar-refractivity contribution in [3.05, 3.63) is 60.2 Å². The number of aliphatic carboxylic acids is 1. The van der Waals surface area contributed by atoms with Crippen LogP contribution in [0.1, 0.15) is 0 Å². The van der Waals surface area contributed by atoms with Gasteiger partial charge >= 0.3 is 12.1 Å². The highest BCUT2D eigenvalue weighted by atomic mass is 32.1. The molecule has 0 bridgehead atoms. The number of carboxylic acids is 1. The number of alkyl halides is 3. The van der Waals surface area contributed by atoms with Crippen molar-refractivity contribution in [3.63, 3.8) is 0 Å². The first-order valence-electron chi connectivity index (χ1n) is 7.60.